The van der Waals surface area contributed by atoms with E-state index in [1.54, 1.807) is 38.5 Å². The number of thioether (sulfide) groups is 1. The first-order chi connectivity index (χ1) is 8.30. The molecular weight excluding hydrogens is 228 g/mol. The third kappa shape index (κ3) is 2.68. The average Bonchev–Trinajstić information content (AvgIpc) is 2.26. The zero-order valence-electron chi connectivity index (χ0n) is 10.9. The Morgan fingerprint density at radius 1 is 0.941 bits per heavy atom. The molecule has 0 radical (unpaired) electrons. The van der Waals surface area contributed by atoms with Gasteiger partial charge in [0.25, 0.3) is 0 Å². The minimum Gasteiger partial charge on any atom is -0.396 e. The molecule has 1 N–H and O–H groups in total. The van der Waals surface area contributed by atoms with E-state index in [0.717, 1.165) is 35.3 Å². The van der Waals surface area contributed by atoms with Crippen LogP contribution in [0.4, 0.5) is 0 Å². The summed E-state index contributed by atoms with van der Waals surface area (Å²) < 4.78 is 0. The van der Waals surface area contributed by atoms with Crippen LogP contribution >= 0.6 is 11.8 Å². The number of aliphatic hydroxyl groups excluding tert-OH is 1. The van der Waals surface area contributed by atoms with E-state index in [9.17, 15) is 0 Å². The van der Waals surface area contributed by atoms with Gasteiger partial charge in [-0.1, -0.05) is 0 Å². The van der Waals surface area contributed by atoms with Gasteiger partial charge in [0, 0.05) is 6.61 Å². The molecule has 1 nitrogen and oxygen atoms in total. The lowest BCUT2D eigenvalue weighted by Gasteiger charge is -2.57. The molecule has 4 fully saturated rings. The molecule has 4 aliphatic rings. The summed E-state index contributed by atoms with van der Waals surface area (Å²) in [4.78, 5) is 0. The highest BCUT2D eigenvalue weighted by atomic mass is 32.2. The van der Waals surface area contributed by atoms with Gasteiger partial charge < -0.3 is 5.11 Å². The van der Waals surface area contributed by atoms with Crippen LogP contribution in [0.3, 0.4) is 0 Å². The minimum absolute atomic E-state index is 0.365. The highest BCUT2D eigenvalue weighted by Gasteiger charge is 2.50. The number of aliphatic hydroxyl groups is 1. The molecule has 0 amide bonds. The Morgan fingerprint density at radius 3 is 2.06 bits per heavy atom. The molecule has 0 heterocycles. The van der Waals surface area contributed by atoms with E-state index in [2.05, 4.69) is 11.8 Å². The van der Waals surface area contributed by atoms with Gasteiger partial charge in [0.15, 0.2) is 0 Å². The summed E-state index contributed by atoms with van der Waals surface area (Å²) in [6.45, 7) is 0.365. The first-order valence-electron chi connectivity index (χ1n) is 7.48. The molecule has 4 rings (SSSR count). The maximum absolute atomic E-state index is 8.78. The molecule has 0 saturated heterocycles. The van der Waals surface area contributed by atoms with Gasteiger partial charge in [0.05, 0.1) is 0 Å². The van der Waals surface area contributed by atoms with Crippen molar-refractivity contribution in [2.24, 2.45) is 23.2 Å². The van der Waals surface area contributed by atoms with Crippen molar-refractivity contribution in [1.29, 1.82) is 0 Å². The van der Waals surface area contributed by atoms with Crippen molar-refractivity contribution in [3.63, 3.8) is 0 Å². The van der Waals surface area contributed by atoms with Crippen LogP contribution in [0.25, 0.3) is 0 Å². The van der Waals surface area contributed by atoms with E-state index in [1.807, 2.05) is 0 Å². The Hall–Kier alpha value is 0.310. The van der Waals surface area contributed by atoms with Crippen LogP contribution in [0.2, 0.25) is 0 Å². The quantitative estimate of drug-likeness (QED) is 0.729. The first kappa shape index (κ1) is 12.3. The summed E-state index contributed by atoms with van der Waals surface area (Å²) >= 11 is 2.07. The fraction of sp³-hybridized carbons (Fsp3) is 1.00. The van der Waals surface area contributed by atoms with Crippen LogP contribution in [0.5, 0.6) is 0 Å². The topological polar surface area (TPSA) is 20.2 Å². The van der Waals surface area contributed by atoms with Crippen LogP contribution in [0, 0.1) is 23.2 Å². The standard InChI is InChI=1S/C15H26OS/c16-3-1-4-17-5-2-15-9-12-6-13(10-15)8-14(7-12)11-15/h12-14,16H,1-11H2. The lowest BCUT2D eigenvalue weighted by Crippen LogP contribution is -2.46. The summed E-state index contributed by atoms with van der Waals surface area (Å²) in [6.07, 6.45) is 11.8. The number of rotatable bonds is 6. The summed E-state index contributed by atoms with van der Waals surface area (Å²) in [5.74, 6) is 5.80. The predicted molar refractivity (Wildman–Crippen MR) is 74.2 cm³/mol. The van der Waals surface area contributed by atoms with Crippen molar-refractivity contribution in [2.75, 3.05) is 18.1 Å². The molecule has 4 bridgehead atoms. The predicted octanol–water partition coefficient (Wildman–Crippen LogP) is 3.71. The van der Waals surface area contributed by atoms with Gasteiger partial charge >= 0.3 is 0 Å². The molecule has 0 aromatic rings. The second kappa shape index (κ2) is 5.13. The average molecular weight is 254 g/mol. The SMILES string of the molecule is OCCCSCCC12CC3CC(CC(C3)C1)C2. The second-order valence-electron chi connectivity index (χ2n) is 6.86. The van der Waals surface area contributed by atoms with E-state index in [1.165, 1.54) is 12.2 Å². The Bertz CT molecular complexity index is 228. The van der Waals surface area contributed by atoms with Crippen molar-refractivity contribution in [3.8, 4) is 0 Å². The molecule has 0 spiro atoms. The molecular formula is C15H26OS. The normalized spacial score (nSPS) is 43.2. The zero-order valence-corrected chi connectivity index (χ0v) is 11.7. The van der Waals surface area contributed by atoms with Crippen LogP contribution in [0.1, 0.15) is 51.4 Å². The minimum atomic E-state index is 0.365. The maximum Gasteiger partial charge on any atom is 0.0438 e. The Balaban J connectivity index is 1.49. The van der Waals surface area contributed by atoms with Gasteiger partial charge in [0.1, 0.15) is 0 Å². The van der Waals surface area contributed by atoms with Crippen LogP contribution in [-0.2, 0) is 0 Å². The monoisotopic (exact) mass is 254 g/mol. The highest BCUT2D eigenvalue weighted by Crippen LogP contribution is 2.61. The molecule has 98 valence electrons. The summed E-state index contributed by atoms with van der Waals surface area (Å²) in [6, 6.07) is 0. The Labute approximate surface area is 110 Å². The molecule has 2 heteroatoms. The molecule has 0 aliphatic heterocycles. The Kier molecular flexibility index (Phi) is 3.72. The summed E-state index contributed by atoms with van der Waals surface area (Å²) in [5, 5.41) is 8.78. The van der Waals surface area contributed by atoms with Gasteiger partial charge in [-0.2, -0.15) is 11.8 Å². The van der Waals surface area contributed by atoms with Crippen molar-refractivity contribution in [2.45, 2.75) is 51.4 Å². The van der Waals surface area contributed by atoms with Crippen molar-refractivity contribution < 1.29 is 5.11 Å². The fourth-order valence-electron chi connectivity index (χ4n) is 5.15. The maximum atomic E-state index is 8.78. The van der Waals surface area contributed by atoms with Gasteiger partial charge in [-0.25, -0.2) is 0 Å². The molecule has 0 aromatic heterocycles. The third-order valence-corrected chi connectivity index (χ3v) is 6.46. The summed E-state index contributed by atoms with van der Waals surface area (Å²) in [5.41, 5.74) is 0.765. The highest BCUT2D eigenvalue weighted by molar-refractivity contribution is 7.99. The van der Waals surface area contributed by atoms with Crippen molar-refractivity contribution >= 4 is 11.8 Å². The van der Waals surface area contributed by atoms with Gasteiger partial charge in [-0.3, -0.25) is 0 Å². The van der Waals surface area contributed by atoms with E-state index in [-0.39, 0.29) is 0 Å². The smallest absolute Gasteiger partial charge is 0.0438 e. The van der Waals surface area contributed by atoms with E-state index in [4.69, 9.17) is 5.11 Å². The van der Waals surface area contributed by atoms with E-state index >= 15 is 0 Å². The van der Waals surface area contributed by atoms with Gasteiger partial charge in [-0.15, -0.1) is 0 Å². The van der Waals surface area contributed by atoms with Crippen molar-refractivity contribution in [1.82, 2.24) is 0 Å². The molecule has 17 heavy (non-hydrogen) atoms. The third-order valence-electron chi connectivity index (χ3n) is 5.39. The molecule has 0 unspecified atom stereocenters. The Morgan fingerprint density at radius 2 is 1.53 bits per heavy atom. The van der Waals surface area contributed by atoms with E-state index < -0.39 is 0 Å². The molecule has 4 saturated carbocycles. The molecule has 4 aliphatic carbocycles. The molecule has 0 aromatic carbocycles. The van der Waals surface area contributed by atoms with Crippen LogP contribution < -0.4 is 0 Å². The molecule has 0 atom stereocenters. The second-order valence-corrected chi connectivity index (χ2v) is 8.08. The number of hydrogen-bond donors (Lipinski definition) is 1. The van der Waals surface area contributed by atoms with E-state index in [0.29, 0.717) is 6.61 Å². The van der Waals surface area contributed by atoms with Gasteiger partial charge in [0.2, 0.25) is 0 Å². The fourth-order valence-corrected chi connectivity index (χ4v) is 6.27. The first-order valence-corrected chi connectivity index (χ1v) is 8.64. The van der Waals surface area contributed by atoms with Crippen LogP contribution in [0.15, 0.2) is 0 Å². The lowest BCUT2D eigenvalue weighted by molar-refractivity contribution is -0.0538. The van der Waals surface area contributed by atoms with Gasteiger partial charge in [-0.05, 0) is 86.0 Å². The largest absolute Gasteiger partial charge is 0.396 e. The zero-order chi connectivity index (χ0) is 11.7. The van der Waals surface area contributed by atoms with Crippen molar-refractivity contribution in [3.05, 3.63) is 0 Å². The number of hydrogen-bond acceptors (Lipinski definition) is 2. The lowest BCUT2D eigenvalue weighted by atomic mass is 9.49. The van der Waals surface area contributed by atoms with Crippen LogP contribution in [-0.4, -0.2) is 23.2 Å². The summed E-state index contributed by atoms with van der Waals surface area (Å²) in [7, 11) is 0.